The molecule has 1 atom stereocenters. The van der Waals surface area contributed by atoms with E-state index in [2.05, 4.69) is 5.32 Å². The Bertz CT molecular complexity index is 344. The highest BCUT2D eigenvalue weighted by Crippen LogP contribution is 2.34. The standard InChI is InChI=1S/C11H14F3N/c1-7-9(8(2)15-3)5-4-6-10(7)11(12,13)14/h4-6,8,15H,1-3H3. The van der Waals surface area contributed by atoms with Crippen molar-refractivity contribution in [1.82, 2.24) is 5.32 Å². The molecule has 1 N–H and O–H groups in total. The Labute approximate surface area is 87.3 Å². The minimum atomic E-state index is -4.27. The van der Waals surface area contributed by atoms with Crippen molar-refractivity contribution >= 4 is 0 Å². The lowest BCUT2D eigenvalue weighted by molar-refractivity contribution is -0.138. The zero-order valence-corrected chi connectivity index (χ0v) is 8.94. The van der Waals surface area contributed by atoms with E-state index >= 15 is 0 Å². The van der Waals surface area contributed by atoms with Crippen LogP contribution in [0.3, 0.4) is 0 Å². The summed E-state index contributed by atoms with van der Waals surface area (Å²) in [6, 6.07) is 4.19. The predicted octanol–water partition coefficient (Wildman–Crippen LogP) is 3.29. The summed E-state index contributed by atoms with van der Waals surface area (Å²) in [6.07, 6.45) is -4.27. The molecule has 0 saturated heterocycles. The second kappa shape index (κ2) is 4.23. The maximum atomic E-state index is 12.6. The molecule has 1 rings (SSSR count). The van der Waals surface area contributed by atoms with Gasteiger partial charge in [-0.2, -0.15) is 13.2 Å². The van der Waals surface area contributed by atoms with E-state index in [-0.39, 0.29) is 6.04 Å². The van der Waals surface area contributed by atoms with Gasteiger partial charge in [0.05, 0.1) is 5.56 Å². The number of halogens is 3. The molecule has 0 aromatic heterocycles. The van der Waals surface area contributed by atoms with Gasteiger partial charge < -0.3 is 5.32 Å². The molecule has 0 spiro atoms. The van der Waals surface area contributed by atoms with Crippen molar-refractivity contribution in [2.75, 3.05) is 7.05 Å². The first-order chi connectivity index (χ1) is 6.88. The third-order valence-corrected chi connectivity index (χ3v) is 2.58. The molecule has 15 heavy (non-hydrogen) atoms. The Balaban J connectivity index is 3.23. The monoisotopic (exact) mass is 217 g/mol. The summed E-state index contributed by atoms with van der Waals surface area (Å²) in [6.45, 7) is 3.34. The van der Waals surface area contributed by atoms with E-state index in [1.54, 1.807) is 13.1 Å². The van der Waals surface area contributed by atoms with Crippen molar-refractivity contribution in [2.24, 2.45) is 0 Å². The quantitative estimate of drug-likeness (QED) is 0.801. The molecule has 1 aromatic carbocycles. The number of benzene rings is 1. The third kappa shape index (κ3) is 2.50. The molecule has 1 unspecified atom stereocenters. The van der Waals surface area contributed by atoms with Crippen molar-refractivity contribution in [3.63, 3.8) is 0 Å². The normalized spacial score (nSPS) is 14.0. The van der Waals surface area contributed by atoms with Gasteiger partial charge in [-0.3, -0.25) is 0 Å². The SMILES string of the molecule is CNC(C)c1cccc(C(F)(F)F)c1C. The zero-order chi connectivity index (χ0) is 11.6. The summed E-state index contributed by atoms with van der Waals surface area (Å²) in [5.41, 5.74) is 0.432. The van der Waals surface area contributed by atoms with Crippen molar-refractivity contribution in [3.8, 4) is 0 Å². The molecule has 0 radical (unpaired) electrons. The first kappa shape index (κ1) is 12.0. The fourth-order valence-electron chi connectivity index (χ4n) is 1.59. The minimum absolute atomic E-state index is 0.0766. The Hall–Kier alpha value is -1.03. The molecule has 0 aliphatic rings. The molecular formula is C11H14F3N. The van der Waals surface area contributed by atoms with Crippen LogP contribution >= 0.6 is 0 Å². The van der Waals surface area contributed by atoms with Crippen LogP contribution in [0.25, 0.3) is 0 Å². The Morgan fingerprint density at radius 1 is 1.27 bits per heavy atom. The van der Waals surface area contributed by atoms with Crippen LogP contribution in [-0.2, 0) is 6.18 Å². The van der Waals surface area contributed by atoms with Gasteiger partial charge in [0.1, 0.15) is 0 Å². The van der Waals surface area contributed by atoms with Crippen LogP contribution in [0.4, 0.5) is 13.2 Å². The number of hydrogen-bond donors (Lipinski definition) is 1. The lowest BCUT2D eigenvalue weighted by Crippen LogP contribution is -2.16. The van der Waals surface area contributed by atoms with E-state index in [1.165, 1.54) is 13.0 Å². The third-order valence-electron chi connectivity index (χ3n) is 2.58. The summed E-state index contributed by atoms with van der Waals surface area (Å²) >= 11 is 0. The van der Waals surface area contributed by atoms with Crippen molar-refractivity contribution in [3.05, 3.63) is 34.9 Å². The predicted molar refractivity (Wildman–Crippen MR) is 53.7 cm³/mol. The van der Waals surface area contributed by atoms with Crippen molar-refractivity contribution in [1.29, 1.82) is 0 Å². The van der Waals surface area contributed by atoms with E-state index in [0.29, 0.717) is 11.1 Å². The lowest BCUT2D eigenvalue weighted by Gasteiger charge is -2.18. The molecule has 0 heterocycles. The number of alkyl halides is 3. The van der Waals surface area contributed by atoms with Crippen LogP contribution in [0.5, 0.6) is 0 Å². The van der Waals surface area contributed by atoms with Crippen LogP contribution in [0.1, 0.15) is 29.7 Å². The topological polar surface area (TPSA) is 12.0 Å². The van der Waals surface area contributed by atoms with Gasteiger partial charge in [0.25, 0.3) is 0 Å². The van der Waals surface area contributed by atoms with E-state index in [0.717, 1.165) is 6.07 Å². The summed E-state index contributed by atoms with van der Waals surface area (Å²) in [7, 11) is 1.73. The molecule has 0 bridgehead atoms. The average Bonchev–Trinajstić information content (AvgIpc) is 2.15. The van der Waals surface area contributed by atoms with Gasteiger partial charge in [0, 0.05) is 6.04 Å². The zero-order valence-electron chi connectivity index (χ0n) is 8.94. The van der Waals surface area contributed by atoms with Gasteiger partial charge in [-0.05, 0) is 38.1 Å². The van der Waals surface area contributed by atoms with Crippen LogP contribution < -0.4 is 5.32 Å². The summed E-state index contributed by atoms with van der Waals surface area (Å²) in [4.78, 5) is 0. The van der Waals surface area contributed by atoms with Gasteiger partial charge in [-0.1, -0.05) is 12.1 Å². The molecule has 0 aliphatic carbocycles. The average molecular weight is 217 g/mol. The van der Waals surface area contributed by atoms with Crippen molar-refractivity contribution < 1.29 is 13.2 Å². The fraction of sp³-hybridized carbons (Fsp3) is 0.455. The van der Waals surface area contributed by atoms with Gasteiger partial charge in [0.15, 0.2) is 0 Å². The van der Waals surface area contributed by atoms with Crippen LogP contribution in [0, 0.1) is 6.92 Å². The van der Waals surface area contributed by atoms with E-state index in [1.807, 2.05) is 6.92 Å². The van der Waals surface area contributed by atoms with Crippen LogP contribution in [0.15, 0.2) is 18.2 Å². The van der Waals surface area contributed by atoms with E-state index in [9.17, 15) is 13.2 Å². The van der Waals surface area contributed by atoms with Gasteiger partial charge in [0.2, 0.25) is 0 Å². The number of rotatable bonds is 2. The highest BCUT2D eigenvalue weighted by Gasteiger charge is 2.33. The number of hydrogen-bond acceptors (Lipinski definition) is 1. The van der Waals surface area contributed by atoms with Crippen LogP contribution in [0.2, 0.25) is 0 Å². The maximum absolute atomic E-state index is 12.6. The molecule has 4 heteroatoms. The lowest BCUT2D eigenvalue weighted by atomic mass is 9.97. The smallest absolute Gasteiger partial charge is 0.313 e. The summed E-state index contributed by atoms with van der Waals surface area (Å²) in [5.74, 6) is 0. The van der Waals surface area contributed by atoms with Gasteiger partial charge in [-0.25, -0.2) is 0 Å². The molecule has 0 amide bonds. The van der Waals surface area contributed by atoms with Crippen molar-refractivity contribution in [2.45, 2.75) is 26.1 Å². The summed E-state index contributed by atoms with van der Waals surface area (Å²) in [5, 5.41) is 2.93. The molecule has 0 saturated carbocycles. The van der Waals surface area contributed by atoms with E-state index < -0.39 is 11.7 Å². The second-order valence-electron chi connectivity index (χ2n) is 3.53. The molecular weight excluding hydrogens is 203 g/mol. The molecule has 1 nitrogen and oxygen atoms in total. The molecule has 0 fully saturated rings. The molecule has 1 aromatic rings. The minimum Gasteiger partial charge on any atom is -0.313 e. The number of nitrogens with one attached hydrogen (secondary N) is 1. The fourth-order valence-corrected chi connectivity index (χ4v) is 1.59. The molecule has 0 aliphatic heterocycles. The summed E-state index contributed by atoms with van der Waals surface area (Å²) < 4.78 is 37.7. The Morgan fingerprint density at radius 3 is 2.33 bits per heavy atom. The van der Waals surface area contributed by atoms with Crippen LogP contribution in [-0.4, -0.2) is 7.05 Å². The first-order valence-electron chi connectivity index (χ1n) is 4.72. The van der Waals surface area contributed by atoms with E-state index in [4.69, 9.17) is 0 Å². The van der Waals surface area contributed by atoms with Gasteiger partial charge >= 0.3 is 6.18 Å². The Morgan fingerprint density at radius 2 is 1.87 bits per heavy atom. The largest absolute Gasteiger partial charge is 0.416 e. The second-order valence-corrected chi connectivity index (χ2v) is 3.53. The highest BCUT2D eigenvalue weighted by molar-refractivity contribution is 5.37. The Kier molecular flexibility index (Phi) is 3.39. The maximum Gasteiger partial charge on any atom is 0.416 e. The van der Waals surface area contributed by atoms with Gasteiger partial charge in [-0.15, -0.1) is 0 Å². The molecule has 84 valence electrons. The highest BCUT2D eigenvalue weighted by atomic mass is 19.4. The first-order valence-corrected chi connectivity index (χ1v) is 4.72.